The van der Waals surface area contributed by atoms with Crippen molar-refractivity contribution in [3.8, 4) is 11.8 Å². The molecule has 1 aromatic carbocycles. The van der Waals surface area contributed by atoms with E-state index in [0.717, 1.165) is 43.1 Å². The van der Waals surface area contributed by atoms with Crippen molar-refractivity contribution in [2.45, 2.75) is 31.4 Å². The van der Waals surface area contributed by atoms with Crippen LogP contribution in [0.1, 0.15) is 24.0 Å². The zero-order valence-electron chi connectivity index (χ0n) is 14.4. The van der Waals surface area contributed by atoms with Gasteiger partial charge in [-0.2, -0.15) is 5.26 Å². The van der Waals surface area contributed by atoms with Gasteiger partial charge < -0.3 is 15.0 Å². The van der Waals surface area contributed by atoms with Crippen LogP contribution in [0.3, 0.4) is 0 Å². The Morgan fingerprint density at radius 2 is 2.04 bits per heavy atom. The molecule has 1 atom stereocenters. The molecule has 1 amide bonds. The average molecular weight is 348 g/mol. The number of hydrogen-bond acceptors (Lipinski definition) is 5. The maximum atomic E-state index is 12.5. The van der Waals surface area contributed by atoms with Crippen molar-refractivity contribution in [2.24, 2.45) is 0 Å². The maximum absolute atomic E-state index is 12.5. The number of amides is 1. The van der Waals surface area contributed by atoms with E-state index in [0.29, 0.717) is 12.0 Å². The second-order valence-corrected chi connectivity index (χ2v) is 6.67. The van der Waals surface area contributed by atoms with Gasteiger partial charge in [0.25, 0.3) is 5.91 Å². The van der Waals surface area contributed by atoms with E-state index >= 15 is 0 Å². The Balaban J connectivity index is 1.32. The van der Waals surface area contributed by atoms with Crippen LogP contribution in [0.4, 0.5) is 5.82 Å². The molecule has 2 aliphatic rings. The van der Waals surface area contributed by atoms with Crippen molar-refractivity contribution in [1.82, 2.24) is 10.3 Å². The summed E-state index contributed by atoms with van der Waals surface area (Å²) in [6.07, 6.45) is 3.55. The zero-order valence-corrected chi connectivity index (χ0v) is 14.4. The van der Waals surface area contributed by atoms with Crippen LogP contribution in [-0.4, -0.2) is 36.1 Å². The van der Waals surface area contributed by atoms with E-state index in [9.17, 15) is 10.1 Å². The Kier molecular flexibility index (Phi) is 4.44. The first-order chi connectivity index (χ1) is 12.7. The fraction of sp³-hybridized carbons (Fsp3) is 0.350. The molecule has 4 rings (SSSR count). The Bertz CT molecular complexity index is 828. The minimum absolute atomic E-state index is 0.0461. The van der Waals surface area contributed by atoms with Gasteiger partial charge in [-0.25, -0.2) is 4.98 Å². The summed E-state index contributed by atoms with van der Waals surface area (Å²) in [5, 5.41) is 12.3. The fourth-order valence-corrected chi connectivity index (χ4v) is 3.59. The van der Waals surface area contributed by atoms with Gasteiger partial charge in [0.2, 0.25) is 0 Å². The highest BCUT2D eigenvalue weighted by molar-refractivity contribution is 5.82. The van der Waals surface area contributed by atoms with Gasteiger partial charge in [0.1, 0.15) is 17.6 Å². The number of carbonyl (C=O) groups is 1. The summed E-state index contributed by atoms with van der Waals surface area (Å²) in [6, 6.07) is 13.7. The van der Waals surface area contributed by atoms with Crippen LogP contribution in [0.2, 0.25) is 0 Å². The van der Waals surface area contributed by atoms with E-state index in [-0.39, 0.29) is 11.9 Å². The molecule has 0 spiro atoms. The first kappa shape index (κ1) is 16.4. The number of nitrogens with one attached hydrogen (secondary N) is 1. The van der Waals surface area contributed by atoms with Crippen LogP contribution in [0.25, 0.3) is 0 Å². The van der Waals surface area contributed by atoms with E-state index in [2.05, 4.69) is 21.3 Å². The van der Waals surface area contributed by atoms with E-state index in [1.807, 2.05) is 24.3 Å². The molecule has 1 saturated heterocycles. The number of piperidine rings is 1. The Hall–Kier alpha value is -3.07. The van der Waals surface area contributed by atoms with E-state index in [1.165, 1.54) is 0 Å². The molecule has 3 heterocycles. The van der Waals surface area contributed by atoms with E-state index in [4.69, 9.17) is 4.74 Å². The van der Waals surface area contributed by atoms with Gasteiger partial charge in [0.05, 0.1) is 5.56 Å². The molecule has 2 aromatic rings. The smallest absolute Gasteiger partial charge is 0.261 e. The molecule has 132 valence electrons. The fourth-order valence-electron chi connectivity index (χ4n) is 3.59. The topological polar surface area (TPSA) is 78.3 Å². The summed E-state index contributed by atoms with van der Waals surface area (Å²) in [6.45, 7) is 1.53. The van der Waals surface area contributed by atoms with Gasteiger partial charge in [0.15, 0.2) is 6.10 Å². The monoisotopic (exact) mass is 348 g/mol. The highest BCUT2D eigenvalue weighted by Crippen LogP contribution is 2.28. The maximum Gasteiger partial charge on any atom is 0.261 e. The number of nitriles is 1. The summed E-state index contributed by atoms with van der Waals surface area (Å²) < 4.78 is 5.76. The molecule has 6 heteroatoms. The summed E-state index contributed by atoms with van der Waals surface area (Å²) >= 11 is 0. The highest BCUT2D eigenvalue weighted by atomic mass is 16.5. The normalized spacial score (nSPS) is 19.3. The first-order valence-corrected chi connectivity index (χ1v) is 8.89. The Morgan fingerprint density at radius 3 is 2.81 bits per heavy atom. The molecule has 0 bridgehead atoms. The SMILES string of the molecule is N#Cc1cccnc1N1CCC(NC(=O)[C@@H]2Cc3ccccc3O2)CC1. The van der Waals surface area contributed by atoms with Gasteiger partial charge in [-0.05, 0) is 36.6 Å². The number of ether oxygens (including phenoxy) is 1. The molecular weight excluding hydrogens is 328 g/mol. The summed E-state index contributed by atoms with van der Waals surface area (Å²) in [5.41, 5.74) is 1.67. The molecule has 0 aliphatic carbocycles. The highest BCUT2D eigenvalue weighted by Gasteiger charge is 2.31. The lowest BCUT2D eigenvalue weighted by atomic mass is 10.0. The molecule has 1 aromatic heterocycles. The third-order valence-electron chi connectivity index (χ3n) is 4.99. The van der Waals surface area contributed by atoms with Crippen molar-refractivity contribution in [1.29, 1.82) is 5.26 Å². The van der Waals surface area contributed by atoms with Gasteiger partial charge >= 0.3 is 0 Å². The quantitative estimate of drug-likeness (QED) is 0.918. The molecule has 6 nitrogen and oxygen atoms in total. The van der Waals surface area contributed by atoms with Crippen molar-refractivity contribution >= 4 is 11.7 Å². The molecule has 2 aliphatic heterocycles. The van der Waals surface area contributed by atoms with Crippen LogP contribution in [-0.2, 0) is 11.2 Å². The molecule has 26 heavy (non-hydrogen) atoms. The second kappa shape index (κ2) is 7.04. The number of rotatable bonds is 3. The third-order valence-corrected chi connectivity index (χ3v) is 4.99. The number of benzene rings is 1. The number of para-hydroxylation sites is 1. The molecular formula is C20H20N4O2. The summed E-state index contributed by atoms with van der Waals surface area (Å²) in [7, 11) is 0. The number of aromatic nitrogens is 1. The van der Waals surface area contributed by atoms with Crippen molar-refractivity contribution in [3.63, 3.8) is 0 Å². The van der Waals surface area contributed by atoms with E-state index < -0.39 is 6.10 Å². The number of fused-ring (bicyclic) bond motifs is 1. The minimum Gasteiger partial charge on any atom is -0.480 e. The van der Waals surface area contributed by atoms with Gasteiger partial charge in [-0.15, -0.1) is 0 Å². The average Bonchev–Trinajstić information content (AvgIpc) is 3.13. The zero-order chi connectivity index (χ0) is 17.9. The largest absolute Gasteiger partial charge is 0.480 e. The Labute approximate surface area is 152 Å². The van der Waals surface area contributed by atoms with E-state index in [1.54, 1.807) is 18.3 Å². The molecule has 1 N–H and O–H groups in total. The standard InChI is InChI=1S/C20H20N4O2/c21-13-15-5-3-9-22-19(15)24-10-7-16(8-11-24)23-20(25)18-12-14-4-1-2-6-17(14)26-18/h1-6,9,16,18H,7-8,10-12H2,(H,23,25)/t18-/m0/s1. The predicted molar refractivity (Wildman–Crippen MR) is 96.9 cm³/mol. The van der Waals surface area contributed by atoms with Crippen molar-refractivity contribution in [2.75, 3.05) is 18.0 Å². The van der Waals surface area contributed by atoms with Gasteiger partial charge in [-0.3, -0.25) is 4.79 Å². The summed E-state index contributed by atoms with van der Waals surface area (Å²) in [5.74, 6) is 1.49. The second-order valence-electron chi connectivity index (χ2n) is 6.67. The van der Waals surface area contributed by atoms with Gasteiger partial charge in [-0.1, -0.05) is 18.2 Å². The van der Waals surface area contributed by atoms with Crippen molar-refractivity contribution in [3.05, 3.63) is 53.7 Å². The van der Waals surface area contributed by atoms with Gasteiger partial charge in [0, 0.05) is 31.7 Å². The number of carbonyl (C=O) groups excluding carboxylic acids is 1. The number of anilines is 1. The first-order valence-electron chi connectivity index (χ1n) is 8.89. The van der Waals surface area contributed by atoms with Crippen LogP contribution < -0.4 is 15.0 Å². The molecule has 0 radical (unpaired) electrons. The lowest BCUT2D eigenvalue weighted by molar-refractivity contribution is -0.128. The number of nitrogens with zero attached hydrogens (tertiary/aromatic N) is 3. The molecule has 1 fully saturated rings. The lowest BCUT2D eigenvalue weighted by Crippen LogP contribution is -2.48. The van der Waals surface area contributed by atoms with Crippen LogP contribution >= 0.6 is 0 Å². The summed E-state index contributed by atoms with van der Waals surface area (Å²) in [4.78, 5) is 19.0. The van der Waals surface area contributed by atoms with Crippen molar-refractivity contribution < 1.29 is 9.53 Å². The third kappa shape index (κ3) is 3.21. The molecule has 0 saturated carbocycles. The van der Waals surface area contributed by atoms with Crippen LogP contribution in [0, 0.1) is 11.3 Å². The molecule has 0 unspecified atom stereocenters. The number of hydrogen-bond donors (Lipinski definition) is 1. The minimum atomic E-state index is -0.439. The van der Waals surface area contributed by atoms with Crippen LogP contribution in [0.5, 0.6) is 5.75 Å². The lowest BCUT2D eigenvalue weighted by Gasteiger charge is -2.33. The number of pyridine rings is 1. The predicted octanol–water partition coefficient (Wildman–Crippen LogP) is 2.04. The Morgan fingerprint density at radius 1 is 1.23 bits per heavy atom. The van der Waals surface area contributed by atoms with Crippen LogP contribution in [0.15, 0.2) is 42.6 Å².